The van der Waals surface area contributed by atoms with Crippen LogP contribution in [0.4, 0.5) is 4.39 Å². The van der Waals surface area contributed by atoms with Crippen molar-refractivity contribution in [2.75, 3.05) is 19.6 Å². The number of likely N-dealkylation sites (tertiary alicyclic amines) is 1. The van der Waals surface area contributed by atoms with Gasteiger partial charge in [-0.3, -0.25) is 4.90 Å². The van der Waals surface area contributed by atoms with Gasteiger partial charge in [0.05, 0.1) is 0 Å². The van der Waals surface area contributed by atoms with Crippen molar-refractivity contribution in [3.63, 3.8) is 0 Å². The molecule has 1 aromatic carbocycles. The van der Waals surface area contributed by atoms with E-state index in [4.69, 9.17) is 0 Å². The lowest BCUT2D eigenvalue weighted by atomic mass is 10.1. The highest BCUT2D eigenvalue weighted by molar-refractivity contribution is 5.16. The zero-order valence-electron chi connectivity index (χ0n) is 10.7. The molecule has 1 saturated heterocycles. The number of rotatable bonds is 5. The van der Waals surface area contributed by atoms with Crippen molar-refractivity contribution in [1.29, 1.82) is 0 Å². The molecule has 1 aliphatic carbocycles. The van der Waals surface area contributed by atoms with Crippen LogP contribution in [0.5, 0.6) is 0 Å². The quantitative estimate of drug-likeness (QED) is 0.861. The fourth-order valence-corrected chi connectivity index (χ4v) is 2.74. The van der Waals surface area contributed by atoms with Gasteiger partial charge in [0.2, 0.25) is 0 Å². The van der Waals surface area contributed by atoms with Crippen LogP contribution in [0.3, 0.4) is 0 Å². The Labute approximate surface area is 108 Å². The molecule has 1 aliphatic heterocycles. The number of nitrogens with one attached hydrogen (secondary N) is 1. The molecule has 1 N–H and O–H groups in total. The topological polar surface area (TPSA) is 15.3 Å². The van der Waals surface area contributed by atoms with Gasteiger partial charge in [-0.2, -0.15) is 0 Å². The third-order valence-electron chi connectivity index (χ3n) is 3.94. The summed E-state index contributed by atoms with van der Waals surface area (Å²) in [6.07, 6.45) is 3.99. The Bertz CT molecular complexity index is 403. The Balaban J connectivity index is 1.46. The molecule has 18 heavy (non-hydrogen) atoms. The molecule has 1 heterocycles. The summed E-state index contributed by atoms with van der Waals surface area (Å²) in [5.41, 5.74) is 1.09. The first kappa shape index (κ1) is 12.1. The molecule has 3 heteroatoms. The molecule has 1 aromatic rings. The van der Waals surface area contributed by atoms with Crippen molar-refractivity contribution in [1.82, 2.24) is 10.2 Å². The molecule has 2 fully saturated rings. The zero-order chi connectivity index (χ0) is 12.4. The second kappa shape index (κ2) is 5.37. The molecule has 1 saturated carbocycles. The number of hydrogen-bond acceptors (Lipinski definition) is 2. The molecule has 1 unspecified atom stereocenters. The highest BCUT2D eigenvalue weighted by Crippen LogP contribution is 2.22. The number of nitrogens with zero attached hydrogens (tertiary/aromatic N) is 1. The molecule has 3 rings (SSSR count). The van der Waals surface area contributed by atoms with Gasteiger partial charge in [-0.1, -0.05) is 12.1 Å². The van der Waals surface area contributed by atoms with Crippen molar-refractivity contribution >= 4 is 0 Å². The number of hydrogen-bond donors (Lipinski definition) is 1. The minimum atomic E-state index is -0.126. The normalized spacial score (nSPS) is 24.6. The molecule has 0 amide bonds. The Hall–Kier alpha value is -0.930. The van der Waals surface area contributed by atoms with Gasteiger partial charge in [-0.25, -0.2) is 4.39 Å². The first-order valence-corrected chi connectivity index (χ1v) is 7.00. The summed E-state index contributed by atoms with van der Waals surface area (Å²) in [6, 6.07) is 7.78. The van der Waals surface area contributed by atoms with E-state index in [1.807, 2.05) is 6.07 Å². The van der Waals surface area contributed by atoms with Crippen LogP contribution in [-0.4, -0.2) is 30.6 Å². The molecular formula is C15H21FN2. The predicted octanol–water partition coefficient (Wildman–Crippen LogP) is 2.40. The first-order valence-electron chi connectivity index (χ1n) is 7.00. The Morgan fingerprint density at radius 1 is 1.28 bits per heavy atom. The van der Waals surface area contributed by atoms with E-state index in [9.17, 15) is 4.39 Å². The van der Waals surface area contributed by atoms with Crippen molar-refractivity contribution in [3.05, 3.63) is 35.6 Å². The van der Waals surface area contributed by atoms with Crippen LogP contribution in [0.15, 0.2) is 24.3 Å². The highest BCUT2D eigenvalue weighted by Gasteiger charge is 2.26. The lowest BCUT2D eigenvalue weighted by Gasteiger charge is -2.16. The smallest absolute Gasteiger partial charge is 0.123 e. The first-order chi connectivity index (χ1) is 8.79. The second-order valence-electron chi connectivity index (χ2n) is 5.70. The van der Waals surface area contributed by atoms with Gasteiger partial charge in [0, 0.05) is 19.1 Å². The fourth-order valence-electron chi connectivity index (χ4n) is 2.74. The van der Waals surface area contributed by atoms with E-state index in [1.165, 1.54) is 25.3 Å². The molecule has 2 nitrogen and oxygen atoms in total. The number of benzene rings is 1. The Morgan fingerprint density at radius 2 is 2.17 bits per heavy atom. The van der Waals surface area contributed by atoms with Gasteiger partial charge in [0.15, 0.2) is 0 Å². The fraction of sp³-hybridized carbons (Fsp3) is 0.600. The SMILES string of the molecule is Fc1cccc(CN2CCC(CNC3CC3)C2)c1. The van der Waals surface area contributed by atoms with Gasteiger partial charge in [-0.05, 0) is 56.0 Å². The predicted molar refractivity (Wildman–Crippen MR) is 70.8 cm³/mol. The van der Waals surface area contributed by atoms with Crippen LogP contribution in [0.25, 0.3) is 0 Å². The largest absolute Gasteiger partial charge is 0.314 e. The van der Waals surface area contributed by atoms with E-state index in [2.05, 4.69) is 10.2 Å². The summed E-state index contributed by atoms with van der Waals surface area (Å²) in [7, 11) is 0. The maximum atomic E-state index is 13.1. The minimum Gasteiger partial charge on any atom is -0.314 e. The average Bonchev–Trinajstić information content (AvgIpc) is 3.08. The molecule has 2 aliphatic rings. The van der Waals surface area contributed by atoms with Crippen molar-refractivity contribution in [3.8, 4) is 0 Å². The molecular weight excluding hydrogens is 227 g/mol. The van der Waals surface area contributed by atoms with Crippen LogP contribution in [0.2, 0.25) is 0 Å². The Morgan fingerprint density at radius 3 is 2.94 bits per heavy atom. The third kappa shape index (κ3) is 3.30. The monoisotopic (exact) mass is 248 g/mol. The van der Waals surface area contributed by atoms with E-state index < -0.39 is 0 Å². The maximum absolute atomic E-state index is 13.1. The van der Waals surface area contributed by atoms with Gasteiger partial charge < -0.3 is 5.32 Å². The zero-order valence-corrected chi connectivity index (χ0v) is 10.7. The molecule has 0 radical (unpaired) electrons. The summed E-state index contributed by atoms with van der Waals surface area (Å²) in [6.45, 7) is 4.34. The summed E-state index contributed by atoms with van der Waals surface area (Å²) < 4.78 is 13.1. The van der Waals surface area contributed by atoms with Crippen LogP contribution < -0.4 is 5.32 Å². The lowest BCUT2D eigenvalue weighted by Crippen LogP contribution is -2.27. The minimum absolute atomic E-state index is 0.126. The van der Waals surface area contributed by atoms with Gasteiger partial charge >= 0.3 is 0 Å². The van der Waals surface area contributed by atoms with Gasteiger partial charge in [-0.15, -0.1) is 0 Å². The lowest BCUT2D eigenvalue weighted by molar-refractivity contribution is 0.313. The van der Waals surface area contributed by atoms with E-state index >= 15 is 0 Å². The Kier molecular flexibility index (Phi) is 3.62. The second-order valence-corrected chi connectivity index (χ2v) is 5.70. The molecule has 1 atom stereocenters. The van der Waals surface area contributed by atoms with Crippen LogP contribution in [0.1, 0.15) is 24.8 Å². The van der Waals surface area contributed by atoms with Crippen molar-refractivity contribution in [2.24, 2.45) is 5.92 Å². The summed E-state index contributed by atoms with van der Waals surface area (Å²) in [5, 5.41) is 3.61. The molecule has 98 valence electrons. The van der Waals surface area contributed by atoms with Gasteiger partial charge in [0.25, 0.3) is 0 Å². The maximum Gasteiger partial charge on any atom is 0.123 e. The molecule has 0 bridgehead atoms. The standard InChI is InChI=1S/C15H21FN2/c16-14-3-1-2-12(8-14)10-18-7-6-13(11-18)9-17-15-4-5-15/h1-3,8,13,15,17H,4-7,9-11H2. The molecule has 0 spiro atoms. The summed E-state index contributed by atoms with van der Waals surface area (Å²) in [4.78, 5) is 2.44. The molecule has 0 aromatic heterocycles. The van der Waals surface area contributed by atoms with E-state index in [1.54, 1.807) is 12.1 Å². The van der Waals surface area contributed by atoms with E-state index in [-0.39, 0.29) is 5.82 Å². The number of halogens is 1. The van der Waals surface area contributed by atoms with Crippen LogP contribution >= 0.6 is 0 Å². The van der Waals surface area contributed by atoms with Crippen molar-refractivity contribution in [2.45, 2.75) is 31.8 Å². The third-order valence-corrected chi connectivity index (χ3v) is 3.94. The van der Waals surface area contributed by atoms with Crippen LogP contribution in [-0.2, 0) is 6.54 Å². The van der Waals surface area contributed by atoms with Gasteiger partial charge in [0.1, 0.15) is 5.82 Å². The highest BCUT2D eigenvalue weighted by atomic mass is 19.1. The van der Waals surface area contributed by atoms with E-state index in [0.717, 1.165) is 43.7 Å². The van der Waals surface area contributed by atoms with E-state index in [0.29, 0.717) is 0 Å². The van der Waals surface area contributed by atoms with Crippen molar-refractivity contribution < 1.29 is 4.39 Å². The summed E-state index contributed by atoms with van der Waals surface area (Å²) in [5.74, 6) is 0.651. The van der Waals surface area contributed by atoms with Crippen LogP contribution in [0, 0.1) is 11.7 Å². The average molecular weight is 248 g/mol. The summed E-state index contributed by atoms with van der Waals surface area (Å²) >= 11 is 0.